The molecule has 0 heterocycles. The number of phenols is 1. The molecule has 1 rings (SSSR count). The lowest BCUT2D eigenvalue weighted by Crippen LogP contribution is -2.36. The molecule has 4 nitrogen and oxygen atoms in total. The van der Waals surface area contributed by atoms with Crippen LogP contribution in [0.25, 0.3) is 0 Å². The summed E-state index contributed by atoms with van der Waals surface area (Å²) >= 11 is 5.65. The third kappa shape index (κ3) is 3.12. The van der Waals surface area contributed by atoms with Gasteiger partial charge in [-0.3, -0.25) is 4.79 Å². The lowest BCUT2D eigenvalue weighted by molar-refractivity contribution is 0.0912. The average molecular weight is 244 g/mol. The van der Waals surface area contributed by atoms with Crippen LogP contribution >= 0.6 is 11.6 Å². The molecule has 0 radical (unpaired) electrons. The summed E-state index contributed by atoms with van der Waals surface area (Å²) in [4.78, 5) is 11.7. The van der Waals surface area contributed by atoms with E-state index in [1.54, 1.807) is 0 Å². The molecular formula is C11H14ClNO3. The van der Waals surface area contributed by atoms with Gasteiger partial charge in [-0.05, 0) is 24.6 Å². The van der Waals surface area contributed by atoms with E-state index in [-0.39, 0.29) is 24.0 Å². The van der Waals surface area contributed by atoms with Crippen molar-refractivity contribution in [2.45, 2.75) is 19.4 Å². The van der Waals surface area contributed by atoms with Crippen molar-refractivity contribution in [3.05, 3.63) is 28.8 Å². The van der Waals surface area contributed by atoms with Crippen LogP contribution in [0.3, 0.4) is 0 Å². The van der Waals surface area contributed by atoms with Gasteiger partial charge in [0.1, 0.15) is 5.75 Å². The van der Waals surface area contributed by atoms with Crippen molar-refractivity contribution in [2.24, 2.45) is 0 Å². The molecule has 3 N–H and O–H groups in total. The Bertz CT molecular complexity index is 377. The number of carbonyl (C=O) groups excluding carboxylic acids is 1. The summed E-state index contributed by atoms with van der Waals surface area (Å²) in [5, 5.41) is 21.4. The molecule has 1 amide bonds. The predicted octanol–water partition coefficient (Wildman–Crippen LogP) is 1.55. The van der Waals surface area contributed by atoms with E-state index in [1.807, 2.05) is 6.92 Å². The third-order valence-electron chi connectivity index (χ3n) is 2.25. The fraction of sp³-hybridized carbons (Fsp3) is 0.364. The fourth-order valence-corrected chi connectivity index (χ4v) is 1.40. The summed E-state index contributed by atoms with van der Waals surface area (Å²) in [5.41, 5.74) is 0.149. The van der Waals surface area contributed by atoms with Crippen LogP contribution in [0.15, 0.2) is 18.2 Å². The first-order chi connectivity index (χ1) is 7.58. The maximum atomic E-state index is 11.7. The van der Waals surface area contributed by atoms with Gasteiger partial charge in [-0.2, -0.15) is 0 Å². The van der Waals surface area contributed by atoms with Crippen LogP contribution in [0.1, 0.15) is 23.7 Å². The largest absolute Gasteiger partial charge is 0.507 e. The average Bonchev–Trinajstić information content (AvgIpc) is 2.25. The molecule has 5 heteroatoms. The van der Waals surface area contributed by atoms with Crippen LogP contribution in [-0.4, -0.2) is 28.8 Å². The Morgan fingerprint density at radius 1 is 1.56 bits per heavy atom. The molecule has 0 unspecified atom stereocenters. The minimum Gasteiger partial charge on any atom is -0.507 e. The topological polar surface area (TPSA) is 69.6 Å². The summed E-state index contributed by atoms with van der Waals surface area (Å²) in [6, 6.07) is 3.96. The minimum atomic E-state index is -0.421. The highest BCUT2D eigenvalue weighted by atomic mass is 35.5. The Kier molecular flexibility index (Phi) is 4.58. The zero-order valence-corrected chi connectivity index (χ0v) is 9.66. The number of carbonyl (C=O) groups is 1. The molecule has 88 valence electrons. The molecule has 0 aliphatic heterocycles. The number of amides is 1. The van der Waals surface area contributed by atoms with E-state index in [4.69, 9.17) is 16.7 Å². The van der Waals surface area contributed by atoms with E-state index >= 15 is 0 Å². The molecule has 0 saturated heterocycles. The number of hydrogen-bond acceptors (Lipinski definition) is 3. The summed E-state index contributed by atoms with van der Waals surface area (Å²) in [5.74, 6) is -0.590. The van der Waals surface area contributed by atoms with Crippen molar-refractivity contribution >= 4 is 17.5 Å². The Morgan fingerprint density at radius 2 is 2.25 bits per heavy atom. The van der Waals surface area contributed by atoms with Crippen LogP contribution < -0.4 is 5.32 Å². The van der Waals surface area contributed by atoms with Crippen molar-refractivity contribution in [1.29, 1.82) is 0 Å². The van der Waals surface area contributed by atoms with Gasteiger partial charge in [0, 0.05) is 5.02 Å². The quantitative estimate of drug-likeness (QED) is 0.752. The van der Waals surface area contributed by atoms with E-state index < -0.39 is 5.91 Å². The van der Waals surface area contributed by atoms with Crippen LogP contribution in [0.5, 0.6) is 5.75 Å². The van der Waals surface area contributed by atoms with Gasteiger partial charge in [0.2, 0.25) is 0 Å². The van der Waals surface area contributed by atoms with Gasteiger partial charge >= 0.3 is 0 Å². The highest BCUT2D eigenvalue weighted by Gasteiger charge is 2.14. The highest BCUT2D eigenvalue weighted by Crippen LogP contribution is 2.21. The molecule has 0 bridgehead atoms. The van der Waals surface area contributed by atoms with E-state index in [0.29, 0.717) is 11.4 Å². The number of phenolic OH excluding ortho intramolecular Hbond substituents is 1. The molecular weight excluding hydrogens is 230 g/mol. The molecule has 0 saturated carbocycles. The monoisotopic (exact) mass is 243 g/mol. The number of aromatic hydroxyl groups is 1. The van der Waals surface area contributed by atoms with Crippen molar-refractivity contribution < 1.29 is 15.0 Å². The van der Waals surface area contributed by atoms with Crippen LogP contribution in [-0.2, 0) is 0 Å². The number of benzene rings is 1. The SMILES string of the molecule is CC[C@H](CO)NC(=O)c1ccc(Cl)cc1O. The van der Waals surface area contributed by atoms with Crippen molar-refractivity contribution in [3.63, 3.8) is 0 Å². The van der Waals surface area contributed by atoms with Gasteiger partial charge < -0.3 is 15.5 Å². The van der Waals surface area contributed by atoms with Crippen molar-refractivity contribution in [1.82, 2.24) is 5.32 Å². The van der Waals surface area contributed by atoms with E-state index in [2.05, 4.69) is 5.32 Å². The Labute approximate surface area is 98.9 Å². The Morgan fingerprint density at radius 3 is 2.75 bits per heavy atom. The molecule has 1 aromatic rings. The zero-order chi connectivity index (χ0) is 12.1. The highest BCUT2D eigenvalue weighted by molar-refractivity contribution is 6.30. The predicted molar refractivity (Wildman–Crippen MR) is 61.7 cm³/mol. The normalized spacial score (nSPS) is 12.2. The van der Waals surface area contributed by atoms with E-state index in [9.17, 15) is 9.90 Å². The molecule has 16 heavy (non-hydrogen) atoms. The van der Waals surface area contributed by atoms with Gasteiger partial charge in [0.25, 0.3) is 5.91 Å². The lowest BCUT2D eigenvalue weighted by Gasteiger charge is -2.14. The van der Waals surface area contributed by atoms with Gasteiger partial charge in [0.15, 0.2) is 0 Å². The van der Waals surface area contributed by atoms with Crippen molar-refractivity contribution in [2.75, 3.05) is 6.61 Å². The molecule has 1 aromatic carbocycles. The molecule has 1 atom stereocenters. The van der Waals surface area contributed by atoms with E-state index in [1.165, 1.54) is 18.2 Å². The smallest absolute Gasteiger partial charge is 0.255 e. The maximum absolute atomic E-state index is 11.7. The number of aliphatic hydroxyl groups excluding tert-OH is 1. The minimum absolute atomic E-state index is 0.128. The summed E-state index contributed by atoms with van der Waals surface area (Å²) < 4.78 is 0. The molecule has 0 aliphatic carbocycles. The van der Waals surface area contributed by atoms with Crippen molar-refractivity contribution in [3.8, 4) is 5.75 Å². The molecule has 0 aromatic heterocycles. The van der Waals surface area contributed by atoms with Crippen LogP contribution in [0, 0.1) is 0 Å². The number of hydrogen-bond donors (Lipinski definition) is 3. The lowest BCUT2D eigenvalue weighted by atomic mass is 10.1. The number of halogens is 1. The number of rotatable bonds is 4. The third-order valence-corrected chi connectivity index (χ3v) is 2.49. The van der Waals surface area contributed by atoms with Gasteiger partial charge in [-0.15, -0.1) is 0 Å². The molecule has 0 aliphatic rings. The molecule has 0 spiro atoms. The van der Waals surface area contributed by atoms with Crippen LogP contribution in [0.4, 0.5) is 0 Å². The number of nitrogens with one attached hydrogen (secondary N) is 1. The summed E-state index contributed by atoms with van der Waals surface area (Å²) in [6.07, 6.45) is 0.622. The second-order valence-electron chi connectivity index (χ2n) is 3.42. The van der Waals surface area contributed by atoms with Gasteiger partial charge in [0.05, 0.1) is 18.2 Å². The molecule has 0 fully saturated rings. The first kappa shape index (κ1) is 12.8. The zero-order valence-electron chi connectivity index (χ0n) is 8.90. The maximum Gasteiger partial charge on any atom is 0.255 e. The van der Waals surface area contributed by atoms with Gasteiger partial charge in [-0.25, -0.2) is 0 Å². The first-order valence-corrected chi connectivity index (χ1v) is 5.36. The first-order valence-electron chi connectivity index (χ1n) is 4.98. The summed E-state index contributed by atoms with van der Waals surface area (Å²) in [7, 11) is 0. The Hall–Kier alpha value is -1.26. The second-order valence-corrected chi connectivity index (χ2v) is 3.86. The second kappa shape index (κ2) is 5.72. The standard InChI is InChI=1S/C11H14ClNO3/c1-2-8(6-14)13-11(16)9-4-3-7(12)5-10(9)15/h3-5,8,14-15H,2,6H2,1H3,(H,13,16)/t8-/m1/s1. The number of aliphatic hydroxyl groups is 1. The van der Waals surface area contributed by atoms with Crippen LogP contribution in [0.2, 0.25) is 5.02 Å². The summed E-state index contributed by atoms with van der Waals surface area (Å²) in [6.45, 7) is 1.72. The van der Waals surface area contributed by atoms with E-state index in [0.717, 1.165) is 0 Å². The Balaban J connectivity index is 2.80. The fourth-order valence-electron chi connectivity index (χ4n) is 1.24. The van der Waals surface area contributed by atoms with Gasteiger partial charge in [-0.1, -0.05) is 18.5 Å².